The Morgan fingerprint density at radius 1 is 1.61 bits per heavy atom. The number of carbonyl (C=O) groups is 1. The van der Waals surface area contributed by atoms with E-state index in [2.05, 4.69) is 10.6 Å². The zero-order valence-corrected chi connectivity index (χ0v) is 10.7. The van der Waals surface area contributed by atoms with Gasteiger partial charge in [-0.15, -0.1) is 0 Å². The van der Waals surface area contributed by atoms with E-state index in [1.807, 2.05) is 0 Å². The fourth-order valence-corrected chi connectivity index (χ4v) is 2.17. The molecule has 0 spiro atoms. The number of anilines is 1. The van der Waals surface area contributed by atoms with Gasteiger partial charge in [0.15, 0.2) is 0 Å². The van der Waals surface area contributed by atoms with E-state index in [0.717, 1.165) is 13.2 Å². The zero-order chi connectivity index (χ0) is 13.0. The van der Waals surface area contributed by atoms with Gasteiger partial charge in [0, 0.05) is 24.8 Å². The van der Waals surface area contributed by atoms with Crippen molar-refractivity contribution in [1.29, 1.82) is 0 Å². The lowest BCUT2D eigenvalue weighted by atomic mass is 10.1. The first-order valence-electron chi connectivity index (χ1n) is 5.82. The second kappa shape index (κ2) is 6.04. The molecule has 1 fully saturated rings. The number of morpholine rings is 1. The van der Waals surface area contributed by atoms with E-state index in [1.165, 1.54) is 0 Å². The van der Waals surface area contributed by atoms with Crippen LogP contribution in [0.15, 0.2) is 18.2 Å². The minimum Gasteiger partial charge on any atom is -0.383 e. The Morgan fingerprint density at radius 3 is 3.11 bits per heavy atom. The third kappa shape index (κ3) is 3.13. The number of halogens is 1. The van der Waals surface area contributed by atoms with Crippen molar-refractivity contribution in [3.63, 3.8) is 0 Å². The molecule has 1 unspecified atom stereocenters. The van der Waals surface area contributed by atoms with Crippen molar-refractivity contribution < 1.29 is 9.53 Å². The fourth-order valence-electron chi connectivity index (χ4n) is 1.91. The van der Waals surface area contributed by atoms with Crippen molar-refractivity contribution in [2.75, 3.05) is 31.6 Å². The van der Waals surface area contributed by atoms with E-state index in [1.54, 1.807) is 18.2 Å². The van der Waals surface area contributed by atoms with E-state index in [0.29, 0.717) is 29.4 Å². The third-order valence-corrected chi connectivity index (χ3v) is 3.11. The number of hydrogen-bond donors (Lipinski definition) is 3. The molecule has 0 radical (unpaired) electrons. The Morgan fingerprint density at radius 2 is 2.44 bits per heavy atom. The molecule has 1 aromatic carbocycles. The van der Waals surface area contributed by atoms with Crippen molar-refractivity contribution in [1.82, 2.24) is 5.32 Å². The van der Waals surface area contributed by atoms with Crippen molar-refractivity contribution in [3.05, 3.63) is 28.8 Å². The molecule has 5 nitrogen and oxygen atoms in total. The minimum absolute atomic E-state index is 0.221. The first-order valence-corrected chi connectivity index (χ1v) is 6.19. The average Bonchev–Trinajstić information content (AvgIpc) is 2.37. The number of amides is 1. The highest BCUT2D eigenvalue weighted by atomic mass is 35.5. The van der Waals surface area contributed by atoms with Crippen LogP contribution in [0.5, 0.6) is 0 Å². The molecule has 18 heavy (non-hydrogen) atoms. The SMILES string of the molecule is NC(=O)c1c(Cl)cccc1NCC1COCCN1. The molecule has 4 N–H and O–H groups in total. The normalized spacial score (nSPS) is 19.5. The van der Waals surface area contributed by atoms with Crippen LogP contribution in [0, 0.1) is 0 Å². The van der Waals surface area contributed by atoms with Gasteiger partial charge in [0.05, 0.1) is 23.8 Å². The maximum atomic E-state index is 11.4. The Balaban J connectivity index is 2.04. The molecule has 1 aliphatic rings. The zero-order valence-electron chi connectivity index (χ0n) is 9.91. The first-order chi connectivity index (χ1) is 8.68. The molecule has 0 aliphatic carbocycles. The number of rotatable bonds is 4. The summed E-state index contributed by atoms with van der Waals surface area (Å²) < 4.78 is 5.35. The van der Waals surface area contributed by atoms with Crippen LogP contribution in [0.1, 0.15) is 10.4 Å². The molecular formula is C12H16ClN3O2. The van der Waals surface area contributed by atoms with E-state index in [9.17, 15) is 4.79 Å². The van der Waals surface area contributed by atoms with Gasteiger partial charge < -0.3 is 21.1 Å². The first kappa shape index (κ1) is 13.1. The highest BCUT2D eigenvalue weighted by molar-refractivity contribution is 6.34. The summed E-state index contributed by atoms with van der Waals surface area (Å²) in [5, 5.41) is 6.85. The van der Waals surface area contributed by atoms with Gasteiger partial charge in [-0.1, -0.05) is 17.7 Å². The number of benzene rings is 1. The van der Waals surface area contributed by atoms with Crippen molar-refractivity contribution in [2.24, 2.45) is 5.73 Å². The van der Waals surface area contributed by atoms with Crippen LogP contribution in [0.3, 0.4) is 0 Å². The van der Waals surface area contributed by atoms with Gasteiger partial charge in [0.1, 0.15) is 0 Å². The lowest BCUT2D eigenvalue weighted by molar-refractivity contribution is 0.0806. The molecule has 1 saturated heterocycles. The van der Waals surface area contributed by atoms with Crippen LogP contribution < -0.4 is 16.4 Å². The predicted molar refractivity (Wildman–Crippen MR) is 71.1 cm³/mol. The van der Waals surface area contributed by atoms with Gasteiger partial charge in [-0.2, -0.15) is 0 Å². The summed E-state index contributed by atoms with van der Waals surface area (Å²) in [6, 6.07) is 5.44. The van der Waals surface area contributed by atoms with Crippen LogP contribution in [-0.4, -0.2) is 38.3 Å². The van der Waals surface area contributed by atoms with E-state index in [-0.39, 0.29) is 6.04 Å². The van der Waals surface area contributed by atoms with Crippen LogP contribution in [0.2, 0.25) is 5.02 Å². The van der Waals surface area contributed by atoms with Gasteiger partial charge >= 0.3 is 0 Å². The molecule has 1 amide bonds. The lowest BCUT2D eigenvalue weighted by Gasteiger charge is -2.24. The van der Waals surface area contributed by atoms with Crippen LogP contribution in [0.4, 0.5) is 5.69 Å². The Bertz CT molecular complexity index is 433. The van der Waals surface area contributed by atoms with Crippen LogP contribution in [-0.2, 0) is 4.74 Å². The highest BCUT2D eigenvalue weighted by Crippen LogP contribution is 2.23. The smallest absolute Gasteiger partial charge is 0.252 e. The second-order valence-corrected chi connectivity index (χ2v) is 4.54. The van der Waals surface area contributed by atoms with Gasteiger partial charge in [-0.3, -0.25) is 4.79 Å². The molecule has 1 heterocycles. The molecule has 6 heteroatoms. The number of ether oxygens (including phenoxy) is 1. The number of nitrogens with two attached hydrogens (primary N) is 1. The number of nitrogens with one attached hydrogen (secondary N) is 2. The van der Waals surface area contributed by atoms with Gasteiger partial charge in [-0.05, 0) is 12.1 Å². The van der Waals surface area contributed by atoms with E-state index >= 15 is 0 Å². The summed E-state index contributed by atoms with van der Waals surface area (Å²) in [6.45, 7) is 2.88. The standard InChI is InChI=1S/C12H16ClN3O2/c13-9-2-1-3-10(11(9)12(14)17)16-6-8-7-18-5-4-15-8/h1-3,8,15-16H,4-7H2,(H2,14,17). The van der Waals surface area contributed by atoms with Crippen LogP contribution >= 0.6 is 11.6 Å². The van der Waals surface area contributed by atoms with Crippen LogP contribution in [0.25, 0.3) is 0 Å². The largest absolute Gasteiger partial charge is 0.383 e. The summed E-state index contributed by atoms with van der Waals surface area (Å²) in [5.41, 5.74) is 6.30. The molecule has 1 atom stereocenters. The maximum absolute atomic E-state index is 11.4. The quantitative estimate of drug-likeness (QED) is 0.757. The predicted octanol–water partition coefficient (Wildman–Crippen LogP) is 0.839. The summed E-state index contributed by atoms with van der Waals surface area (Å²) in [7, 11) is 0. The van der Waals surface area contributed by atoms with E-state index in [4.69, 9.17) is 22.1 Å². The monoisotopic (exact) mass is 269 g/mol. The van der Waals surface area contributed by atoms with Gasteiger partial charge in [0.2, 0.25) is 0 Å². The van der Waals surface area contributed by atoms with Crippen molar-refractivity contribution >= 4 is 23.2 Å². The number of primary amides is 1. The summed E-state index contributed by atoms with van der Waals surface area (Å²) in [6.07, 6.45) is 0. The molecule has 2 rings (SSSR count). The average molecular weight is 270 g/mol. The molecule has 98 valence electrons. The molecule has 1 aromatic rings. The molecular weight excluding hydrogens is 254 g/mol. The number of carbonyl (C=O) groups excluding carboxylic acids is 1. The van der Waals surface area contributed by atoms with E-state index < -0.39 is 5.91 Å². The molecule has 1 aliphatic heterocycles. The number of hydrogen-bond acceptors (Lipinski definition) is 4. The fraction of sp³-hybridized carbons (Fsp3) is 0.417. The van der Waals surface area contributed by atoms with Crippen molar-refractivity contribution in [2.45, 2.75) is 6.04 Å². The lowest BCUT2D eigenvalue weighted by Crippen LogP contribution is -2.45. The maximum Gasteiger partial charge on any atom is 0.252 e. The van der Waals surface area contributed by atoms with Gasteiger partial charge in [-0.25, -0.2) is 0 Å². The second-order valence-electron chi connectivity index (χ2n) is 4.13. The minimum atomic E-state index is -0.532. The summed E-state index contributed by atoms with van der Waals surface area (Å²) in [4.78, 5) is 11.4. The Labute approximate surface area is 111 Å². The third-order valence-electron chi connectivity index (χ3n) is 2.80. The topological polar surface area (TPSA) is 76.4 Å². The van der Waals surface area contributed by atoms with Gasteiger partial charge in [0.25, 0.3) is 5.91 Å². The molecule has 0 aromatic heterocycles. The molecule has 0 bridgehead atoms. The Kier molecular flexibility index (Phi) is 4.41. The van der Waals surface area contributed by atoms with Crippen molar-refractivity contribution in [3.8, 4) is 0 Å². The summed E-state index contributed by atoms with van der Waals surface area (Å²) >= 11 is 5.96. The molecule has 0 saturated carbocycles. The Hall–Kier alpha value is -1.30. The highest BCUT2D eigenvalue weighted by Gasteiger charge is 2.15. The summed E-state index contributed by atoms with van der Waals surface area (Å²) in [5.74, 6) is -0.532.